The Morgan fingerprint density at radius 3 is 1.88 bits per heavy atom. The smallest absolute Gasteiger partial charge is 0.258 e. The minimum atomic E-state index is -3.30. The number of sulfone groups is 1. The first kappa shape index (κ1) is 25.8. The van der Waals surface area contributed by atoms with Crippen molar-refractivity contribution in [3.05, 3.63) is 53.3 Å². The van der Waals surface area contributed by atoms with Gasteiger partial charge in [0.1, 0.15) is 17.3 Å². The number of rotatable bonds is 9. The third-order valence-electron chi connectivity index (χ3n) is 5.33. The molecule has 0 heterocycles. The molecule has 0 saturated heterocycles. The summed E-state index contributed by atoms with van der Waals surface area (Å²) in [5.74, 6) is -0.770. The fourth-order valence-electron chi connectivity index (χ4n) is 4.24. The Bertz CT molecular complexity index is 1180. The molecule has 0 radical (unpaired) electrons. The van der Waals surface area contributed by atoms with Crippen molar-refractivity contribution in [1.29, 1.82) is 0 Å². The van der Waals surface area contributed by atoms with E-state index in [1.807, 2.05) is 13.8 Å². The predicted octanol–water partition coefficient (Wildman–Crippen LogP) is 2.88. The SMILES string of the molecule is CC1(NC(=O)COc2ccc(S(C)(=O)=O)cc2)CC(C)(NC(=O)COc2ccc(Cl)c(F)c2)C1. The largest absolute Gasteiger partial charge is 0.484 e. The lowest BCUT2D eigenvalue weighted by molar-refractivity contribution is -0.129. The summed E-state index contributed by atoms with van der Waals surface area (Å²) in [5.41, 5.74) is -1.06. The molecule has 2 amide bonds. The van der Waals surface area contributed by atoms with Crippen LogP contribution in [-0.2, 0) is 19.4 Å². The molecule has 1 saturated carbocycles. The van der Waals surface area contributed by atoms with Crippen LogP contribution >= 0.6 is 11.6 Å². The third-order valence-corrected chi connectivity index (χ3v) is 6.76. The van der Waals surface area contributed by atoms with Gasteiger partial charge in [-0.05, 0) is 63.1 Å². The Labute approximate surface area is 202 Å². The Hall–Kier alpha value is -2.85. The van der Waals surface area contributed by atoms with Gasteiger partial charge in [-0.25, -0.2) is 12.8 Å². The topological polar surface area (TPSA) is 111 Å². The molecular weight excluding hydrogens is 487 g/mol. The third kappa shape index (κ3) is 6.83. The summed E-state index contributed by atoms with van der Waals surface area (Å²) in [4.78, 5) is 24.7. The van der Waals surface area contributed by atoms with Crippen molar-refractivity contribution in [3.63, 3.8) is 0 Å². The molecule has 0 spiro atoms. The number of hydrogen-bond donors (Lipinski definition) is 2. The fourth-order valence-corrected chi connectivity index (χ4v) is 4.99. The van der Waals surface area contributed by atoms with Gasteiger partial charge in [0.25, 0.3) is 11.8 Å². The average molecular weight is 513 g/mol. The molecule has 34 heavy (non-hydrogen) atoms. The van der Waals surface area contributed by atoms with Crippen LogP contribution < -0.4 is 20.1 Å². The van der Waals surface area contributed by atoms with E-state index < -0.39 is 26.7 Å². The molecule has 2 aromatic carbocycles. The molecular formula is C23H26ClFN2O6S. The van der Waals surface area contributed by atoms with Gasteiger partial charge in [-0.1, -0.05) is 11.6 Å². The molecule has 8 nitrogen and oxygen atoms in total. The van der Waals surface area contributed by atoms with Crippen LogP contribution in [-0.4, -0.2) is 50.8 Å². The lowest BCUT2D eigenvalue weighted by Crippen LogP contribution is -2.69. The second kappa shape index (κ2) is 9.79. The molecule has 1 fully saturated rings. The highest BCUT2D eigenvalue weighted by atomic mass is 35.5. The molecule has 0 aromatic heterocycles. The van der Waals surface area contributed by atoms with Crippen LogP contribution in [0, 0.1) is 5.82 Å². The zero-order valence-corrected chi connectivity index (χ0v) is 20.6. The van der Waals surface area contributed by atoms with Crippen molar-refractivity contribution in [1.82, 2.24) is 10.6 Å². The normalized spacial score (nSPS) is 21.8. The molecule has 0 bridgehead atoms. The molecule has 0 unspecified atom stereocenters. The highest BCUT2D eigenvalue weighted by molar-refractivity contribution is 7.90. The fraction of sp³-hybridized carbons (Fsp3) is 0.391. The zero-order chi connectivity index (χ0) is 25.1. The van der Waals surface area contributed by atoms with Crippen molar-refractivity contribution < 1.29 is 31.9 Å². The van der Waals surface area contributed by atoms with Crippen LogP contribution in [0.4, 0.5) is 4.39 Å². The van der Waals surface area contributed by atoms with Crippen molar-refractivity contribution in [2.24, 2.45) is 0 Å². The van der Waals surface area contributed by atoms with Crippen LogP contribution in [0.5, 0.6) is 11.5 Å². The number of nitrogens with one attached hydrogen (secondary N) is 2. The van der Waals surface area contributed by atoms with Crippen LogP contribution in [0.2, 0.25) is 5.02 Å². The summed E-state index contributed by atoms with van der Waals surface area (Å²) in [6.07, 6.45) is 2.10. The maximum atomic E-state index is 13.5. The second-order valence-electron chi connectivity index (χ2n) is 8.97. The van der Waals surface area contributed by atoms with Gasteiger partial charge >= 0.3 is 0 Å². The molecule has 3 rings (SSSR count). The van der Waals surface area contributed by atoms with Gasteiger partial charge in [-0.15, -0.1) is 0 Å². The maximum absolute atomic E-state index is 13.5. The summed E-state index contributed by atoms with van der Waals surface area (Å²) in [6.45, 7) is 3.21. The number of carbonyl (C=O) groups is 2. The van der Waals surface area contributed by atoms with E-state index in [0.717, 1.165) is 12.3 Å². The predicted molar refractivity (Wildman–Crippen MR) is 124 cm³/mol. The molecule has 0 aliphatic heterocycles. The van der Waals surface area contributed by atoms with Crippen molar-refractivity contribution in [2.75, 3.05) is 19.5 Å². The summed E-state index contributed by atoms with van der Waals surface area (Å²) in [7, 11) is -3.30. The lowest BCUT2D eigenvalue weighted by Gasteiger charge is -2.53. The minimum absolute atomic E-state index is 0.0321. The van der Waals surface area contributed by atoms with Crippen molar-refractivity contribution in [2.45, 2.75) is 42.7 Å². The highest BCUT2D eigenvalue weighted by Crippen LogP contribution is 2.40. The number of carbonyl (C=O) groups excluding carboxylic acids is 2. The van der Waals surface area contributed by atoms with E-state index >= 15 is 0 Å². The Morgan fingerprint density at radius 2 is 1.41 bits per heavy atom. The summed E-state index contributed by atoms with van der Waals surface area (Å²) in [5, 5.41) is 5.75. The molecule has 11 heteroatoms. The van der Waals surface area contributed by atoms with E-state index in [4.69, 9.17) is 21.1 Å². The lowest BCUT2D eigenvalue weighted by atomic mass is 9.64. The molecule has 184 valence electrons. The van der Waals surface area contributed by atoms with Crippen LogP contribution in [0.3, 0.4) is 0 Å². The highest BCUT2D eigenvalue weighted by Gasteiger charge is 2.50. The molecule has 1 aliphatic carbocycles. The Balaban J connectivity index is 1.42. The zero-order valence-electron chi connectivity index (χ0n) is 19.0. The number of hydrogen-bond acceptors (Lipinski definition) is 6. The van der Waals surface area contributed by atoms with Gasteiger partial charge in [-0.2, -0.15) is 0 Å². The molecule has 2 N–H and O–H groups in total. The monoisotopic (exact) mass is 512 g/mol. The number of ether oxygens (including phenoxy) is 2. The molecule has 1 aliphatic rings. The van der Waals surface area contributed by atoms with E-state index in [9.17, 15) is 22.4 Å². The van der Waals surface area contributed by atoms with Crippen LogP contribution in [0.25, 0.3) is 0 Å². The second-order valence-corrected chi connectivity index (χ2v) is 11.4. The maximum Gasteiger partial charge on any atom is 0.258 e. The summed E-state index contributed by atoms with van der Waals surface area (Å²) >= 11 is 5.62. The number of halogens is 2. The first-order valence-corrected chi connectivity index (χ1v) is 12.7. The quantitative estimate of drug-likeness (QED) is 0.534. The standard InChI is InChI=1S/C23H26ClFN2O6S/c1-22(26-20(28)11-32-15-4-7-17(8-5-15)34(3,30)31)13-23(2,14-22)27-21(29)12-33-16-6-9-18(24)19(25)10-16/h4-10H,11-14H2,1-3H3,(H,26,28)(H,27,29). The van der Waals surface area contributed by atoms with E-state index in [0.29, 0.717) is 18.6 Å². The molecule has 2 aromatic rings. The van der Waals surface area contributed by atoms with Gasteiger partial charge < -0.3 is 20.1 Å². The molecule has 0 atom stereocenters. The average Bonchev–Trinajstić information content (AvgIpc) is 2.71. The van der Waals surface area contributed by atoms with Gasteiger partial charge in [0.05, 0.1) is 9.92 Å². The summed E-state index contributed by atoms with van der Waals surface area (Å²) < 4.78 is 47.2. The van der Waals surface area contributed by atoms with E-state index in [-0.39, 0.29) is 40.7 Å². The Morgan fingerprint density at radius 1 is 0.941 bits per heavy atom. The van der Waals surface area contributed by atoms with Gasteiger partial charge in [-0.3, -0.25) is 9.59 Å². The first-order chi connectivity index (χ1) is 15.8. The number of amides is 2. The first-order valence-electron chi connectivity index (χ1n) is 10.4. The van der Waals surface area contributed by atoms with Gasteiger partial charge in [0.15, 0.2) is 23.1 Å². The summed E-state index contributed by atoms with van der Waals surface area (Å²) in [6, 6.07) is 9.73. The van der Waals surface area contributed by atoms with E-state index in [2.05, 4.69) is 10.6 Å². The van der Waals surface area contributed by atoms with Crippen molar-refractivity contribution in [3.8, 4) is 11.5 Å². The minimum Gasteiger partial charge on any atom is -0.484 e. The van der Waals surface area contributed by atoms with E-state index in [1.165, 1.54) is 36.4 Å². The van der Waals surface area contributed by atoms with Gasteiger partial charge in [0.2, 0.25) is 0 Å². The van der Waals surface area contributed by atoms with Crippen LogP contribution in [0.1, 0.15) is 26.7 Å². The Kier molecular flexibility index (Phi) is 7.42. The van der Waals surface area contributed by atoms with Crippen molar-refractivity contribution >= 4 is 33.3 Å². The van der Waals surface area contributed by atoms with Gasteiger partial charge in [0, 0.05) is 23.4 Å². The van der Waals surface area contributed by atoms with E-state index in [1.54, 1.807) is 0 Å². The van der Waals surface area contributed by atoms with Crippen LogP contribution in [0.15, 0.2) is 47.4 Å². The number of benzene rings is 2.